The predicted molar refractivity (Wildman–Crippen MR) is 67.9 cm³/mol. The summed E-state index contributed by atoms with van der Waals surface area (Å²) >= 11 is 0. The van der Waals surface area contributed by atoms with E-state index in [1.54, 1.807) is 19.2 Å². The van der Waals surface area contributed by atoms with E-state index in [4.69, 9.17) is 9.47 Å². The molecule has 0 radical (unpaired) electrons. The fourth-order valence-electron chi connectivity index (χ4n) is 1.52. The predicted octanol–water partition coefficient (Wildman–Crippen LogP) is 1.74. The standard InChI is InChI=1S/C12H13FN4O2/c1-14-11-15-10(16-12(17-11)19-3)7-5-4-6-8(18-2)9(7)13/h4-6H,1-3H3,(H,14,15,16,17). The Kier molecular flexibility index (Phi) is 3.74. The van der Waals surface area contributed by atoms with Gasteiger partial charge in [-0.2, -0.15) is 15.0 Å². The molecule has 0 aliphatic rings. The molecule has 0 aliphatic heterocycles. The zero-order valence-electron chi connectivity index (χ0n) is 10.8. The molecule has 2 aromatic rings. The number of ether oxygens (including phenoxy) is 2. The molecule has 1 aromatic carbocycles. The molecule has 0 atom stereocenters. The number of hydrogen-bond donors (Lipinski definition) is 1. The SMILES string of the molecule is CNc1nc(OC)nc(-c2cccc(OC)c2F)n1. The Morgan fingerprint density at radius 2 is 1.89 bits per heavy atom. The van der Waals surface area contributed by atoms with Crippen molar-refractivity contribution in [3.63, 3.8) is 0 Å². The van der Waals surface area contributed by atoms with Crippen LogP contribution < -0.4 is 14.8 Å². The molecule has 100 valence electrons. The summed E-state index contributed by atoms with van der Waals surface area (Å²) in [4.78, 5) is 12.1. The van der Waals surface area contributed by atoms with Crippen LogP contribution in [0.2, 0.25) is 0 Å². The van der Waals surface area contributed by atoms with Crippen molar-refractivity contribution in [1.82, 2.24) is 15.0 Å². The van der Waals surface area contributed by atoms with Crippen molar-refractivity contribution in [1.29, 1.82) is 0 Å². The molecule has 0 fully saturated rings. The van der Waals surface area contributed by atoms with Crippen LogP contribution in [0.3, 0.4) is 0 Å². The molecule has 0 aliphatic carbocycles. The Morgan fingerprint density at radius 3 is 2.53 bits per heavy atom. The average molecular weight is 264 g/mol. The summed E-state index contributed by atoms with van der Waals surface area (Å²) in [6.07, 6.45) is 0. The van der Waals surface area contributed by atoms with E-state index in [9.17, 15) is 4.39 Å². The highest BCUT2D eigenvalue weighted by atomic mass is 19.1. The Morgan fingerprint density at radius 1 is 1.11 bits per heavy atom. The fraction of sp³-hybridized carbons (Fsp3) is 0.250. The lowest BCUT2D eigenvalue weighted by Crippen LogP contribution is -2.04. The Labute approximate surface area is 109 Å². The second kappa shape index (κ2) is 5.47. The number of nitrogens with one attached hydrogen (secondary N) is 1. The molecule has 1 aromatic heterocycles. The third kappa shape index (κ3) is 2.54. The average Bonchev–Trinajstić information content (AvgIpc) is 2.46. The molecular weight excluding hydrogens is 251 g/mol. The largest absolute Gasteiger partial charge is 0.494 e. The van der Waals surface area contributed by atoms with E-state index >= 15 is 0 Å². The van der Waals surface area contributed by atoms with Crippen LogP contribution in [-0.4, -0.2) is 36.2 Å². The number of hydrogen-bond acceptors (Lipinski definition) is 6. The molecule has 0 saturated heterocycles. The first-order chi connectivity index (χ1) is 9.19. The van der Waals surface area contributed by atoms with Crippen molar-refractivity contribution in [2.45, 2.75) is 0 Å². The van der Waals surface area contributed by atoms with Gasteiger partial charge >= 0.3 is 6.01 Å². The smallest absolute Gasteiger partial charge is 0.321 e. The van der Waals surface area contributed by atoms with Gasteiger partial charge in [0.25, 0.3) is 0 Å². The second-order valence-electron chi connectivity index (χ2n) is 3.54. The summed E-state index contributed by atoms with van der Waals surface area (Å²) in [7, 11) is 4.48. The lowest BCUT2D eigenvalue weighted by Gasteiger charge is -2.08. The minimum atomic E-state index is -0.527. The molecule has 2 rings (SSSR count). The Hall–Kier alpha value is -2.44. The fourth-order valence-corrected chi connectivity index (χ4v) is 1.52. The molecule has 19 heavy (non-hydrogen) atoms. The molecule has 1 heterocycles. The first kappa shape index (κ1) is 13.0. The van der Waals surface area contributed by atoms with Crippen LogP contribution in [0.25, 0.3) is 11.4 Å². The van der Waals surface area contributed by atoms with E-state index in [-0.39, 0.29) is 23.1 Å². The maximum Gasteiger partial charge on any atom is 0.321 e. The molecule has 0 spiro atoms. The number of nitrogens with zero attached hydrogens (tertiary/aromatic N) is 3. The minimum absolute atomic E-state index is 0.108. The number of halogens is 1. The second-order valence-corrected chi connectivity index (χ2v) is 3.54. The molecule has 0 bridgehead atoms. The number of methoxy groups -OCH3 is 2. The van der Waals surface area contributed by atoms with Crippen molar-refractivity contribution in [2.75, 3.05) is 26.6 Å². The number of benzene rings is 1. The van der Waals surface area contributed by atoms with Crippen molar-refractivity contribution in [3.05, 3.63) is 24.0 Å². The number of aromatic nitrogens is 3. The van der Waals surface area contributed by atoms with Crippen LogP contribution in [0.4, 0.5) is 10.3 Å². The normalized spacial score (nSPS) is 10.1. The van der Waals surface area contributed by atoms with E-state index in [2.05, 4.69) is 20.3 Å². The van der Waals surface area contributed by atoms with Gasteiger partial charge in [0.1, 0.15) is 0 Å². The van der Waals surface area contributed by atoms with Gasteiger partial charge in [0.05, 0.1) is 19.8 Å². The van der Waals surface area contributed by atoms with Gasteiger partial charge in [-0.25, -0.2) is 4.39 Å². The summed E-state index contributed by atoms with van der Waals surface area (Å²) in [5, 5.41) is 2.76. The summed E-state index contributed by atoms with van der Waals surface area (Å²) in [5.74, 6) is 0.0693. The maximum absolute atomic E-state index is 14.1. The van der Waals surface area contributed by atoms with Gasteiger partial charge in [-0.3, -0.25) is 0 Å². The molecule has 7 heteroatoms. The van der Waals surface area contributed by atoms with Gasteiger partial charge in [0.15, 0.2) is 17.4 Å². The van der Waals surface area contributed by atoms with Gasteiger partial charge in [-0.05, 0) is 12.1 Å². The van der Waals surface area contributed by atoms with Crippen LogP contribution in [-0.2, 0) is 0 Å². The third-order valence-corrected chi connectivity index (χ3v) is 2.45. The van der Waals surface area contributed by atoms with Gasteiger partial charge in [0, 0.05) is 7.05 Å². The lowest BCUT2D eigenvalue weighted by molar-refractivity contribution is 0.378. The summed E-state index contributed by atoms with van der Waals surface area (Å²) in [6.45, 7) is 0. The Bertz CT molecular complexity index is 570. The van der Waals surface area contributed by atoms with Crippen molar-refractivity contribution < 1.29 is 13.9 Å². The van der Waals surface area contributed by atoms with Crippen molar-refractivity contribution in [3.8, 4) is 23.1 Å². The highest BCUT2D eigenvalue weighted by Gasteiger charge is 2.15. The highest BCUT2D eigenvalue weighted by Crippen LogP contribution is 2.27. The number of rotatable bonds is 4. The van der Waals surface area contributed by atoms with Crippen molar-refractivity contribution >= 4 is 5.95 Å². The molecule has 1 N–H and O–H groups in total. The van der Waals surface area contributed by atoms with E-state index in [0.717, 1.165) is 0 Å². The minimum Gasteiger partial charge on any atom is -0.494 e. The summed E-state index contributed by atoms with van der Waals surface area (Å²) in [6, 6.07) is 4.85. The van der Waals surface area contributed by atoms with Crippen LogP contribution in [0.1, 0.15) is 0 Å². The van der Waals surface area contributed by atoms with E-state index in [1.807, 2.05) is 0 Å². The van der Waals surface area contributed by atoms with Crippen LogP contribution in [0, 0.1) is 5.82 Å². The molecular formula is C12H13FN4O2. The molecule has 0 saturated carbocycles. The van der Waals surface area contributed by atoms with Gasteiger partial charge < -0.3 is 14.8 Å². The van der Waals surface area contributed by atoms with Gasteiger partial charge in [0.2, 0.25) is 5.95 Å². The van der Waals surface area contributed by atoms with Crippen LogP contribution in [0.5, 0.6) is 11.8 Å². The first-order valence-electron chi connectivity index (χ1n) is 5.50. The Balaban J connectivity index is 2.58. The van der Waals surface area contributed by atoms with Crippen molar-refractivity contribution in [2.24, 2.45) is 0 Å². The quantitative estimate of drug-likeness (QED) is 0.907. The van der Waals surface area contributed by atoms with E-state index < -0.39 is 5.82 Å². The van der Waals surface area contributed by atoms with E-state index in [0.29, 0.717) is 5.95 Å². The third-order valence-electron chi connectivity index (χ3n) is 2.45. The highest BCUT2D eigenvalue weighted by molar-refractivity contribution is 5.60. The van der Waals surface area contributed by atoms with E-state index in [1.165, 1.54) is 20.3 Å². The van der Waals surface area contributed by atoms with Gasteiger partial charge in [-0.1, -0.05) is 6.07 Å². The molecule has 0 unspecified atom stereocenters. The monoisotopic (exact) mass is 264 g/mol. The van der Waals surface area contributed by atoms with Crippen LogP contribution >= 0.6 is 0 Å². The van der Waals surface area contributed by atoms with Gasteiger partial charge in [-0.15, -0.1) is 0 Å². The molecule has 6 nitrogen and oxygen atoms in total. The topological polar surface area (TPSA) is 69.2 Å². The summed E-state index contributed by atoms with van der Waals surface area (Å²) in [5.41, 5.74) is 0.219. The zero-order chi connectivity index (χ0) is 13.8. The zero-order valence-corrected chi connectivity index (χ0v) is 10.8. The maximum atomic E-state index is 14.1. The molecule has 0 amide bonds. The lowest BCUT2D eigenvalue weighted by atomic mass is 10.2. The first-order valence-corrected chi connectivity index (χ1v) is 5.50. The summed E-state index contributed by atoms with van der Waals surface area (Å²) < 4.78 is 24.0. The number of anilines is 1. The van der Waals surface area contributed by atoms with Crippen LogP contribution in [0.15, 0.2) is 18.2 Å².